The van der Waals surface area contributed by atoms with Crippen LogP contribution in [0.2, 0.25) is 0 Å². The molecule has 0 aromatic heterocycles. The van der Waals surface area contributed by atoms with Crippen molar-refractivity contribution in [3.05, 3.63) is 29.3 Å². The van der Waals surface area contributed by atoms with Crippen molar-refractivity contribution in [3.8, 4) is 5.75 Å². The van der Waals surface area contributed by atoms with E-state index in [-0.39, 0.29) is 11.7 Å². The van der Waals surface area contributed by atoms with Crippen molar-refractivity contribution in [1.29, 1.82) is 0 Å². The standard InChI is InChI=1S/C14H18O2/c1-10(11(2)15)3-4-12-5-6-14-13(9-12)7-8-16-14/h5-6,9-10H,3-4,7-8H2,1-2H3. The van der Waals surface area contributed by atoms with Gasteiger partial charge in [0.05, 0.1) is 6.61 Å². The van der Waals surface area contributed by atoms with E-state index in [2.05, 4.69) is 18.2 Å². The van der Waals surface area contributed by atoms with E-state index in [0.717, 1.165) is 31.6 Å². The SMILES string of the molecule is CC(=O)C(C)CCc1ccc2c(c1)CCO2. The van der Waals surface area contributed by atoms with Gasteiger partial charge >= 0.3 is 0 Å². The predicted molar refractivity (Wildman–Crippen MR) is 63.8 cm³/mol. The average molecular weight is 218 g/mol. The molecule has 1 aromatic carbocycles. The van der Waals surface area contributed by atoms with Crippen molar-refractivity contribution in [2.75, 3.05) is 6.61 Å². The van der Waals surface area contributed by atoms with E-state index in [9.17, 15) is 4.79 Å². The third kappa shape index (κ3) is 2.43. The van der Waals surface area contributed by atoms with Gasteiger partial charge < -0.3 is 4.74 Å². The summed E-state index contributed by atoms with van der Waals surface area (Å²) in [5.74, 6) is 1.48. The summed E-state index contributed by atoms with van der Waals surface area (Å²) in [5.41, 5.74) is 2.63. The number of carbonyl (C=O) groups excluding carboxylic acids is 1. The molecule has 1 aromatic rings. The topological polar surface area (TPSA) is 26.3 Å². The maximum Gasteiger partial charge on any atom is 0.132 e. The molecule has 0 saturated carbocycles. The molecular formula is C14H18O2. The van der Waals surface area contributed by atoms with Crippen molar-refractivity contribution in [2.24, 2.45) is 5.92 Å². The summed E-state index contributed by atoms with van der Waals surface area (Å²) in [6.45, 7) is 4.47. The Morgan fingerprint density at radius 1 is 1.50 bits per heavy atom. The number of rotatable bonds is 4. The van der Waals surface area contributed by atoms with Gasteiger partial charge in [-0.1, -0.05) is 19.1 Å². The maximum atomic E-state index is 11.1. The molecule has 0 bridgehead atoms. The largest absolute Gasteiger partial charge is 0.493 e. The van der Waals surface area contributed by atoms with Crippen LogP contribution in [0.25, 0.3) is 0 Å². The van der Waals surface area contributed by atoms with Gasteiger partial charge in [-0.3, -0.25) is 4.79 Å². The van der Waals surface area contributed by atoms with Crippen LogP contribution in [0.1, 0.15) is 31.4 Å². The molecule has 0 aliphatic carbocycles. The van der Waals surface area contributed by atoms with E-state index in [0.29, 0.717) is 0 Å². The maximum absolute atomic E-state index is 11.1. The molecule has 1 heterocycles. The Bertz CT molecular complexity index is 396. The first-order valence-corrected chi connectivity index (χ1v) is 5.92. The number of benzene rings is 1. The lowest BCUT2D eigenvalue weighted by Crippen LogP contribution is -2.07. The smallest absolute Gasteiger partial charge is 0.132 e. The Hall–Kier alpha value is -1.31. The molecule has 0 spiro atoms. The van der Waals surface area contributed by atoms with Gasteiger partial charge in [0, 0.05) is 12.3 Å². The lowest BCUT2D eigenvalue weighted by atomic mass is 9.97. The van der Waals surface area contributed by atoms with Crippen molar-refractivity contribution < 1.29 is 9.53 Å². The summed E-state index contributed by atoms with van der Waals surface area (Å²) in [6, 6.07) is 6.38. The molecule has 1 atom stereocenters. The van der Waals surface area contributed by atoms with Crippen LogP contribution < -0.4 is 4.74 Å². The van der Waals surface area contributed by atoms with Crippen LogP contribution in [0.3, 0.4) is 0 Å². The van der Waals surface area contributed by atoms with E-state index >= 15 is 0 Å². The summed E-state index contributed by atoms with van der Waals surface area (Å²) in [5, 5.41) is 0. The second-order valence-corrected chi connectivity index (χ2v) is 4.59. The average Bonchev–Trinajstić information content (AvgIpc) is 2.72. The first-order chi connectivity index (χ1) is 7.66. The molecule has 0 N–H and O–H groups in total. The number of Topliss-reactive ketones (excluding diaryl/α,β-unsaturated/α-hetero) is 1. The van der Waals surface area contributed by atoms with E-state index in [1.165, 1.54) is 11.1 Å². The zero-order chi connectivity index (χ0) is 11.5. The van der Waals surface area contributed by atoms with Crippen LogP contribution in [0.4, 0.5) is 0 Å². The fourth-order valence-corrected chi connectivity index (χ4v) is 1.98. The van der Waals surface area contributed by atoms with Gasteiger partial charge in [0.15, 0.2) is 0 Å². The van der Waals surface area contributed by atoms with Crippen molar-refractivity contribution in [1.82, 2.24) is 0 Å². The fourth-order valence-electron chi connectivity index (χ4n) is 1.98. The van der Waals surface area contributed by atoms with Crippen LogP contribution in [0.5, 0.6) is 5.75 Å². The first kappa shape index (κ1) is 11.2. The number of hydrogen-bond acceptors (Lipinski definition) is 2. The van der Waals surface area contributed by atoms with E-state index in [4.69, 9.17) is 4.74 Å². The van der Waals surface area contributed by atoms with Crippen LogP contribution in [-0.2, 0) is 17.6 Å². The second kappa shape index (κ2) is 4.69. The lowest BCUT2D eigenvalue weighted by molar-refractivity contribution is -0.120. The second-order valence-electron chi connectivity index (χ2n) is 4.59. The quantitative estimate of drug-likeness (QED) is 0.776. The molecular weight excluding hydrogens is 200 g/mol. The summed E-state index contributed by atoms with van der Waals surface area (Å²) in [4.78, 5) is 11.1. The number of fused-ring (bicyclic) bond motifs is 1. The highest BCUT2D eigenvalue weighted by Gasteiger charge is 2.13. The van der Waals surface area contributed by atoms with Crippen molar-refractivity contribution in [3.63, 3.8) is 0 Å². The Morgan fingerprint density at radius 2 is 2.31 bits per heavy atom. The highest BCUT2D eigenvalue weighted by atomic mass is 16.5. The van der Waals surface area contributed by atoms with Crippen molar-refractivity contribution in [2.45, 2.75) is 33.1 Å². The number of aryl methyl sites for hydroxylation is 1. The molecule has 0 fully saturated rings. The zero-order valence-electron chi connectivity index (χ0n) is 9.95. The van der Waals surface area contributed by atoms with Gasteiger partial charge in [0.25, 0.3) is 0 Å². The lowest BCUT2D eigenvalue weighted by Gasteiger charge is -2.08. The molecule has 0 amide bonds. The molecule has 2 nitrogen and oxygen atoms in total. The molecule has 0 radical (unpaired) electrons. The molecule has 16 heavy (non-hydrogen) atoms. The van der Waals surface area contributed by atoms with Gasteiger partial charge in [-0.05, 0) is 37.0 Å². The van der Waals surface area contributed by atoms with Gasteiger partial charge in [0.2, 0.25) is 0 Å². The summed E-state index contributed by atoms with van der Waals surface area (Å²) < 4.78 is 5.46. The van der Waals surface area contributed by atoms with Gasteiger partial charge in [0.1, 0.15) is 11.5 Å². The van der Waals surface area contributed by atoms with Crippen LogP contribution >= 0.6 is 0 Å². The summed E-state index contributed by atoms with van der Waals surface area (Å²) >= 11 is 0. The van der Waals surface area contributed by atoms with Gasteiger partial charge in [-0.15, -0.1) is 0 Å². The monoisotopic (exact) mass is 218 g/mol. The van der Waals surface area contributed by atoms with Crippen molar-refractivity contribution >= 4 is 5.78 Å². The normalized spacial score (nSPS) is 15.4. The Kier molecular flexibility index (Phi) is 3.28. The third-order valence-electron chi connectivity index (χ3n) is 3.31. The summed E-state index contributed by atoms with van der Waals surface area (Å²) in [7, 11) is 0. The molecule has 2 heteroatoms. The van der Waals surface area contributed by atoms with Crippen LogP contribution in [0.15, 0.2) is 18.2 Å². The predicted octanol–water partition coefficient (Wildman–Crippen LogP) is 2.78. The zero-order valence-corrected chi connectivity index (χ0v) is 9.95. The molecule has 0 saturated heterocycles. The third-order valence-corrected chi connectivity index (χ3v) is 3.31. The fraction of sp³-hybridized carbons (Fsp3) is 0.500. The Labute approximate surface area is 96.6 Å². The molecule has 86 valence electrons. The minimum Gasteiger partial charge on any atom is -0.493 e. The minimum atomic E-state index is 0.171. The Balaban J connectivity index is 1.98. The molecule has 1 aliphatic rings. The number of ether oxygens (including phenoxy) is 1. The highest BCUT2D eigenvalue weighted by molar-refractivity contribution is 5.77. The van der Waals surface area contributed by atoms with Crippen LogP contribution in [-0.4, -0.2) is 12.4 Å². The number of carbonyl (C=O) groups is 1. The Morgan fingerprint density at radius 3 is 3.06 bits per heavy atom. The van der Waals surface area contributed by atoms with Gasteiger partial charge in [-0.25, -0.2) is 0 Å². The summed E-state index contributed by atoms with van der Waals surface area (Å²) in [6.07, 6.45) is 2.94. The number of hydrogen-bond donors (Lipinski definition) is 0. The van der Waals surface area contributed by atoms with E-state index in [1.807, 2.05) is 6.92 Å². The molecule has 2 rings (SSSR count). The molecule has 1 unspecified atom stereocenters. The van der Waals surface area contributed by atoms with Gasteiger partial charge in [-0.2, -0.15) is 0 Å². The first-order valence-electron chi connectivity index (χ1n) is 5.92. The highest BCUT2D eigenvalue weighted by Crippen LogP contribution is 2.26. The van der Waals surface area contributed by atoms with Crippen LogP contribution in [0, 0.1) is 5.92 Å². The number of ketones is 1. The minimum absolute atomic E-state index is 0.171. The molecule has 1 aliphatic heterocycles. The van der Waals surface area contributed by atoms with E-state index in [1.54, 1.807) is 6.92 Å². The van der Waals surface area contributed by atoms with E-state index < -0.39 is 0 Å².